The van der Waals surface area contributed by atoms with Crippen LogP contribution in [0.1, 0.15) is 24.8 Å². The van der Waals surface area contributed by atoms with Crippen molar-refractivity contribution in [1.82, 2.24) is 10.2 Å². The van der Waals surface area contributed by atoms with Crippen LogP contribution in [0.4, 0.5) is 0 Å². The number of nitrogens with one attached hydrogen (secondary N) is 1. The first-order valence-electron chi connectivity index (χ1n) is 6.80. The predicted octanol–water partition coefficient (Wildman–Crippen LogP) is 2.87. The van der Waals surface area contributed by atoms with Gasteiger partial charge in [-0.15, -0.1) is 24.0 Å². The molecule has 0 heterocycles. The Hall–Kier alpha value is -0.980. The van der Waals surface area contributed by atoms with Gasteiger partial charge in [0.25, 0.3) is 0 Å². The van der Waals surface area contributed by atoms with Crippen LogP contribution < -0.4 is 10.1 Å². The van der Waals surface area contributed by atoms with Crippen LogP contribution in [-0.4, -0.2) is 38.1 Å². The third kappa shape index (κ3) is 4.54. The van der Waals surface area contributed by atoms with Crippen molar-refractivity contribution in [2.24, 2.45) is 4.99 Å². The Morgan fingerprint density at radius 2 is 2.00 bits per heavy atom. The lowest BCUT2D eigenvalue weighted by molar-refractivity contribution is 0.359. The number of ether oxygens (including phenoxy) is 1. The van der Waals surface area contributed by atoms with Crippen molar-refractivity contribution in [3.8, 4) is 5.75 Å². The molecule has 1 aromatic rings. The fourth-order valence-corrected chi connectivity index (χ4v) is 2.16. The number of hydrogen-bond donors (Lipinski definition) is 1. The summed E-state index contributed by atoms with van der Waals surface area (Å²) in [6.07, 6.45) is 3.85. The van der Waals surface area contributed by atoms with Crippen LogP contribution in [0.5, 0.6) is 5.75 Å². The molecular formula is C15H24IN3O. The number of rotatable bonds is 4. The summed E-state index contributed by atoms with van der Waals surface area (Å²) >= 11 is 0. The highest BCUT2D eigenvalue weighted by Gasteiger charge is 2.19. The van der Waals surface area contributed by atoms with E-state index in [9.17, 15) is 0 Å². The Morgan fingerprint density at radius 3 is 2.45 bits per heavy atom. The first kappa shape index (κ1) is 17.1. The summed E-state index contributed by atoms with van der Waals surface area (Å²) in [4.78, 5) is 6.50. The van der Waals surface area contributed by atoms with E-state index in [1.54, 1.807) is 7.11 Å². The zero-order valence-corrected chi connectivity index (χ0v) is 14.8. The molecule has 4 nitrogen and oxygen atoms in total. The largest absolute Gasteiger partial charge is 0.497 e. The Labute approximate surface area is 138 Å². The van der Waals surface area contributed by atoms with Crippen LogP contribution in [0, 0.1) is 0 Å². The zero-order valence-electron chi connectivity index (χ0n) is 12.4. The first-order valence-corrected chi connectivity index (χ1v) is 6.80. The average molecular weight is 389 g/mol. The van der Waals surface area contributed by atoms with Gasteiger partial charge in [-0.25, -0.2) is 0 Å². The van der Waals surface area contributed by atoms with Crippen LogP contribution in [0.25, 0.3) is 0 Å². The number of nitrogens with zero attached hydrogens (tertiary/aromatic N) is 2. The monoisotopic (exact) mass is 389 g/mol. The van der Waals surface area contributed by atoms with E-state index in [4.69, 9.17) is 4.74 Å². The molecule has 1 aromatic carbocycles. The molecule has 1 aliphatic carbocycles. The van der Waals surface area contributed by atoms with Crippen LogP contribution in [0.3, 0.4) is 0 Å². The molecule has 5 heteroatoms. The molecule has 0 atom stereocenters. The second-order valence-corrected chi connectivity index (χ2v) is 5.02. The Bertz CT molecular complexity index is 429. The summed E-state index contributed by atoms with van der Waals surface area (Å²) in [5.74, 6) is 1.86. The second kappa shape index (κ2) is 8.34. The van der Waals surface area contributed by atoms with Gasteiger partial charge < -0.3 is 15.0 Å². The van der Waals surface area contributed by atoms with Crippen molar-refractivity contribution in [3.05, 3.63) is 29.8 Å². The summed E-state index contributed by atoms with van der Waals surface area (Å²) in [5.41, 5.74) is 1.25. The van der Waals surface area contributed by atoms with Crippen LogP contribution >= 0.6 is 24.0 Å². The molecule has 1 fully saturated rings. The van der Waals surface area contributed by atoms with Crippen molar-refractivity contribution in [3.63, 3.8) is 0 Å². The van der Waals surface area contributed by atoms with Gasteiger partial charge in [-0.05, 0) is 37.0 Å². The highest BCUT2D eigenvalue weighted by atomic mass is 127. The molecule has 0 spiro atoms. The molecule has 1 N–H and O–H groups in total. The van der Waals surface area contributed by atoms with Gasteiger partial charge in [0, 0.05) is 26.7 Å². The van der Waals surface area contributed by atoms with E-state index >= 15 is 0 Å². The smallest absolute Gasteiger partial charge is 0.193 e. The van der Waals surface area contributed by atoms with Gasteiger partial charge in [-0.3, -0.25) is 4.99 Å². The lowest BCUT2D eigenvalue weighted by Crippen LogP contribution is -2.46. The van der Waals surface area contributed by atoms with Gasteiger partial charge >= 0.3 is 0 Å². The molecule has 0 saturated heterocycles. The van der Waals surface area contributed by atoms with Crippen LogP contribution in [0.15, 0.2) is 29.3 Å². The summed E-state index contributed by atoms with van der Waals surface area (Å²) in [5, 5.41) is 3.50. The van der Waals surface area contributed by atoms with E-state index in [1.165, 1.54) is 24.8 Å². The molecule has 0 aliphatic heterocycles. The lowest BCUT2D eigenvalue weighted by atomic mass is 9.93. The maximum atomic E-state index is 5.17. The number of benzene rings is 1. The van der Waals surface area contributed by atoms with Gasteiger partial charge in [0.2, 0.25) is 0 Å². The zero-order chi connectivity index (χ0) is 13.7. The van der Waals surface area contributed by atoms with E-state index < -0.39 is 0 Å². The fraction of sp³-hybridized carbons (Fsp3) is 0.533. The highest BCUT2D eigenvalue weighted by Crippen LogP contribution is 2.18. The summed E-state index contributed by atoms with van der Waals surface area (Å²) in [7, 11) is 5.59. The standard InChI is InChI=1S/C15H23N3O.HI/c1-16-15(17-13-5-4-6-13)18(2)11-12-7-9-14(19-3)10-8-12;/h7-10,13H,4-6,11H2,1-3H3,(H,16,17);1H. The van der Waals surface area contributed by atoms with Crippen molar-refractivity contribution >= 4 is 29.9 Å². The van der Waals surface area contributed by atoms with Gasteiger partial charge in [-0.2, -0.15) is 0 Å². The normalized spacial score (nSPS) is 15.1. The number of hydrogen-bond acceptors (Lipinski definition) is 2. The highest BCUT2D eigenvalue weighted by molar-refractivity contribution is 14.0. The number of aliphatic imine (C=N–C) groups is 1. The number of guanidine groups is 1. The summed E-state index contributed by atoms with van der Waals surface area (Å²) in [6, 6.07) is 8.77. The van der Waals surface area contributed by atoms with E-state index in [0.29, 0.717) is 6.04 Å². The first-order chi connectivity index (χ1) is 9.22. The molecule has 0 unspecified atom stereocenters. The van der Waals surface area contributed by atoms with E-state index in [2.05, 4.69) is 34.4 Å². The molecule has 1 aliphatic rings. The van der Waals surface area contributed by atoms with Crippen molar-refractivity contribution in [2.75, 3.05) is 21.2 Å². The average Bonchev–Trinajstić information content (AvgIpc) is 2.38. The third-order valence-corrected chi connectivity index (χ3v) is 3.59. The predicted molar refractivity (Wildman–Crippen MR) is 94.0 cm³/mol. The topological polar surface area (TPSA) is 36.9 Å². The SMILES string of the molecule is CN=C(NC1CCC1)N(C)Cc1ccc(OC)cc1.I. The molecule has 0 amide bonds. The quantitative estimate of drug-likeness (QED) is 0.489. The van der Waals surface area contributed by atoms with E-state index in [0.717, 1.165) is 18.3 Å². The number of methoxy groups -OCH3 is 1. The van der Waals surface area contributed by atoms with Crippen LogP contribution in [-0.2, 0) is 6.54 Å². The maximum absolute atomic E-state index is 5.17. The van der Waals surface area contributed by atoms with Crippen molar-refractivity contribution < 1.29 is 4.74 Å². The third-order valence-electron chi connectivity index (χ3n) is 3.59. The summed E-state index contributed by atoms with van der Waals surface area (Å²) < 4.78 is 5.17. The van der Waals surface area contributed by atoms with Gasteiger partial charge in [0.05, 0.1) is 7.11 Å². The fourth-order valence-electron chi connectivity index (χ4n) is 2.16. The molecule has 0 bridgehead atoms. The Morgan fingerprint density at radius 1 is 1.35 bits per heavy atom. The van der Waals surface area contributed by atoms with Crippen molar-refractivity contribution in [1.29, 1.82) is 0 Å². The Balaban J connectivity index is 0.00000200. The van der Waals surface area contributed by atoms with Crippen molar-refractivity contribution in [2.45, 2.75) is 31.8 Å². The summed E-state index contributed by atoms with van der Waals surface area (Å²) in [6.45, 7) is 0.844. The molecular weight excluding hydrogens is 365 g/mol. The van der Waals surface area contributed by atoms with Crippen LogP contribution in [0.2, 0.25) is 0 Å². The van der Waals surface area contributed by atoms with Gasteiger partial charge in [0.1, 0.15) is 5.75 Å². The molecule has 20 heavy (non-hydrogen) atoms. The van der Waals surface area contributed by atoms with Gasteiger partial charge in [-0.1, -0.05) is 12.1 Å². The Kier molecular flexibility index (Phi) is 7.12. The molecule has 2 rings (SSSR count). The molecule has 1 saturated carbocycles. The molecule has 112 valence electrons. The van der Waals surface area contributed by atoms with Gasteiger partial charge in [0.15, 0.2) is 5.96 Å². The lowest BCUT2D eigenvalue weighted by Gasteiger charge is -2.31. The maximum Gasteiger partial charge on any atom is 0.193 e. The minimum Gasteiger partial charge on any atom is -0.497 e. The minimum absolute atomic E-state index is 0. The molecule has 0 radical (unpaired) electrons. The second-order valence-electron chi connectivity index (χ2n) is 5.02. The van der Waals surface area contributed by atoms with E-state index in [1.807, 2.05) is 19.2 Å². The molecule has 0 aromatic heterocycles. The minimum atomic E-state index is 0. The van der Waals surface area contributed by atoms with E-state index in [-0.39, 0.29) is 24.0 Å². The number of halogens is 1.